The van der Waals surface area contributed by atoms with Crippen molar-refractivity contribution in [3.63, 3.8) is 0 Å². The molecule has 0 aliphatic heterocycles. The van der Waals surface area contributed by atoms with Crippen LogP contribution in [-0.4, -0.2) is 59.2 Å². The van der Waals surface area contributed by atoms with Crippen LogP contribution in [0.25, 0.3) is 0 Å². The summed E-state index contributed by atoms with van der Waals surface area (Å²) in [6.45, 7) is -1.28. The van der Waals surface area contributed by atoms with Crippen LogP contribution in [0.3, 0.4) is 0 Å². The average molecular weight is 274 g/mol. The first-order valence-electron chi connectivity index (χ1n) is 7.03. The monoisotopic (exact) mass is 274 g/mol. The number of nitrogens with one attached hydrogen (secondary N) is 2. The van der Waals surface area contributed by atoms with Gasteiger partial charge in [0.25, 0.3) is 0 Å². The number of amides is 1. The zero-order chi connectivity index (χ0) is 14.1. The van der Waals surface area contributed by atoms with Gasteiger partial charge in [-0.25, -0.2) is 0 Å². The fourth-order valence-corrected chi connectivity index (χ4v) is 2.29. The highest BCUT2D eigenvalue weighted by atomic mass is 16.3. The van der Waals surface area contributed by atoms with Gasteiger partial charge in [-0.2, -0.15) is 0 Å². The molecule has 0 unspecified atom stereocenters. The highest BCUT2D eigenvalue weighted by Crippen LogP contribution is 2.17. The third-order valence-corrected chi connectivity index (χ3v) is 3.75. The fourth-order valence-electron chi connectivity index (χ4n) is 2.29. The Morgan fingerprint density at radius 3 is 2.00 bits per heavy atom. The first-order valence-corrected chi connectivity index (χ1v) is 7.03. The molecule has 0 aromatic heterocycles. The topological polar surface area (TPSA) is 102 Å². The molecule has 1 aliphatic carbocycles. The van der Waals surface area contributed by atoms with E-state index >= 15 is 0 Å². The minimum absolute atomic E-state index is 0.0157. The number of carbonyl (C=O) groups excluding carboxylic acids is 1. The van der Waals surface area contributed by atoms with Gasteiger partial charge in [-0.15, -0.1) is 0 Å². The second-order valence-electron chi connectivity index (χ2n) is 5.36. The van der Waals surface area contributed by atoms with Gasteiger partial charge < -0.3 is 20.6 Å². The Bertz CT molecular complexity index is 253. The minimum Gasteiger partial charge on any atom is -0.394 e. The van der Waals surface area contributed by atoms with Gasteiger partial charge in [0.15, 0.2) is 0 Å². The summed E-state index contributed by atoms with van der Waals surface area (Å²) in [6.07, 6.45) is 6.77. The maximum Gasteiger partial charge on any atom is 0.234 e. The molecule has 1 aliphatic rings. The molecule has 5 N–H and O–H groups in total. The van der Waals surface area contributed by atoms with Gasteiger partial charge >= 0.3 is 0 Å². The summed E-state index contributed by atoms with van der Waals surface area (Å²) in [5.41, 5.74) is -1.19. The van der Waals surface area contributed by atoms with Crippen LogP contribution in [0.15, 0.2) is 0 Å². The summed E-state index contributed by atoms with van der Waals surface area (Å²) in [5, 5.41) is 33.1. The van der Waals surface area contributed by atoms with Gasteiger partial charge in [-0.3, -0.25) is 10.1 Å². The molecule has 0 aromatic carbocycles. The van der Waals surface area contributed by atoms with E-state index in [1.54, 1.807) is 0 Å². The molecule has 6 nitrogen and oxygen atoms in total. The summed E-state index contributed by atoms with van der Waals surface area (Å²) in [6, 6.07) is 0.226. The van der Waals surface area contributed by atoms with E-state index in [-0.39, 0.29) is 18.5 Å². The second-order valence-corrected chi connectivity index (χ2v) is 5.36. The first kappa shape index (κ1) is 16.4. The van der Waals surface area contributed by atoms with Gasteiger partial charge in [0.2, 0.25) is 5.91 Å². The molecule has 0 saturated heterocycles. The second kappa shape index (κ2) is 8.47. The SMILES string of the molecule is O=C(CNC(CO)(CO)CO)NC1CCCCCC1. The van der Waals surface area contributed by atoms with Crippen molar-refractivity contribution in [2.45, 2.75) is 50.1 Å². The van der Waals surface area contributed by atoms with Crippen LogP contribution < -0.4 is 10.6 Å². The lowest BCUT2D eigenvalue weighted by molar-refractivity contribution is -0.121. The molecule has 1 saturated carbocycles. The summed E-state index contributed by atoms with van der Waals surface area (Å²) in [4.78, 5) is 11.8. The Labute approximate surface area is 114 Å². The quantitative estimate of drug-likeness (QED) is 0.389. The molecular formula is C13H26N2O4. The van der Waals surface area contributed by atoms with Crippen molar-refractivity contribution in [3.8, 4) is 0 Å². The zero-order valence-corrected chi connectivity index (χ0v) is 11.4. The first-order chi connectivity index (χ1) is 9.15. The summed E-state index contributed by atoms with van der Waals surface area (Å²) < 4.78 is 0. The number of hydrogen-bond donors (Lipinski definition) is 5. The summed E-state index contributed by atoms with van der Waals surface area (Å²) >= 11 is 0. The Hall–Kier alpha value is -0.690. The maximum atomic E-state index is 11.8. The molecule has 1 rings (SSSR count). The van der Waals surface area contributed by atoms with Crippen molar-refractivity contribution in [3.05, 3.63) is 0 Å². The van der Waals surface area contributed by atoms with Crippen LogP contribution in [0.2, 0.25) is 0 Å². The maximum absolute atomic E-state index is 11.8. The average Bonchev–Trinajstić information content (AvgIpc) is 2.70. The number of aliphatic hydroxyl groups excluding tert-OH is 3. The summed E-state index contributed by atoms with van der Waals surface area (Å²) in [5.74, 6) is -0.161. The number of rotatable bonds is 7. The van der Waals surface area contributed by atoms with Crippen LogP contribution in [0.1, 0.15) is 38.5 Å². The molecular weight excluding hydrogens is 248 g/mol. The van der Waals surface area contributed by atoms with Crippen molar-refractivity contribution < 1.29 is 20.1 Å². The van der Waals surface area contributed by atoms with Crippen molar-refractivity contribution in [1.82, 2.24) is 10.6 Å². The standard InChI is InChI=1S/C13H26N2O4/c16-8-13(9-17,10-18)14-7-12(19)15-11-5-3-1-2-4-6-11/h11,14,16-18H,1-10H2,(H,15,19). The smallest absolute Gasteiger partial charge is 0.234 e. The minimum atomic E-state index is -1.19. The van der Waals surface area contributed by atoms with Crippen LogP contribution in [-0.2, 0) is 4.79 Å². The molecule has 6 heteroatoms. The third-order valence-electron chi connectivity index (χ3n) is 3.75. The fraction of sp³-hybridized carbons (Fsp3) is 0.923. The predicted molar refractivity (Wildman–Crippen MR) is 71.6 cm³/mol. The van der Waals surface area contributed by atoms with Gasteiger partial charge in [-0.1, -0.05) is 25.7 Å². The normalized spacial score (nSPS) is 18.1. The van der Waals surface area contributed by atoms with E-state index in [0.29, 0.717) is 0 Å². The van der Waals surface area contributed by atoms with Crippen molar-refractivity contribution in [1.29, 1.82) is 0 Å². The lowest BCUT2D eigenvalue weighted by Gasteiger charge is -2.29. The van der Waals surface area contributed by atoms with E-state index in [4.69, 9.17) is 15.3 Å². The highest BCUT2D eigenvalue weighted by molar-refractivity contribution is 5.78. The molecule has 112 valence electrons. The Morgan fingerprint density at radius 2 is 1.53 bits per heavy atom. The van der Waals surface area contributed by atoms with Crippen molar-refractivity contribution in [2.75, 3.05) is 26.4 Å². The van der Waals surface area contributed by atoms with E-state index in [0.717, 1.165) is 25.7 Å². The van der Waals surface area contributed by atoms with Gasteiger partial charge in [0.05, 0.1) is 31.9 Å². The Kier molecular flexibility index (Phi) is 7.30. The molecule has 0 radical (unpaired) electrons. The lowest BCUT2D eigenvalue weighted by Crippen LogP contribution is -2.57. The van der Waals surface area contributed by atoms with E-state index < -0.39 is 25.4 Å². The van der Waals surface area contributed by atoms with Crippen LogP contribution >= 0.6 is 0 Å². The van der Waals surface area contributed by atoms with Crippen LogP contribution in [0.5, 0.6) is 0 Å². The number of carbonyl (C=O) groups is 1. The van der Waals surface area contributed by atoms with Crippen molar-refractivity contribution >= 4 is 5.91 Å². The van der Waals surface area contributed by atoms with E-state index in [1.165, 1.54) is 12.8 Å². The van der Waals surface area contributed by atoms with Gasteiger partial charge in [0.1, 0.15) is 0 Å². The molecule has 0 aromatic rings. The van der Waals surface area contributed by atoms with E-state index in [2.05, 4.69) is 10.6 Å². The molecule has 0 bridgehead atoms. The highest BCUT2D eigenvalue weighted by Gasteiger charge is 2.28. The third kappa shape index (κ3) is 5.44. The Morgan fingerprint density at radius 1 is 1.00 bits per heavy atom. The lowest BCUT2D eigenvalue weighted by atomic mass is 10.0. The number of aliphatic hydroxyl groups is 3. The van der Waals surface area contributed by atoms with E-state index in [1.807, 2.05) is 0 Å². The Balaban J connectivity index is 2.33. The van der Waals surface area contributed by atoms with E-state index in [9.17, 15) is 4.79 Å². The molecule has 0 atom stereocenters. The molecule has 0 spiro atoms. The van der Waals surface area contributed by atoms with Crippen LogP contribution in [0.4, 0.5) is 0 Å². The van der Waals surface area contributed by atoms with Crippen molar-refractivity contribution in [2.24, 2.45) is 0 Å². The molecule has 1 fully saturated rings. The van der Waals surface area contributed by atoms with Crippen LogP contribution in [0, 0.1) is 0 Å². The summed E-state index contributed by atoms with van der Waals surface area (Å²) in [7, 11) is 0. The predicted octanol–water partition coefficient (Wildman–Crippen LogP) is -0.869. The molecule has 0 heterocycles. The molecule has 1 amide bonds. The zero-order valence-electron chi connectivity index (χ0n) is 11.4. The van der Waals surface area contributed by atoms with Gasteiger partial charge in [0, 0.05) is 6.04 Å². The largest absolute Gasteiger partial charge is 0.394 e. The number of hydrogen-bond acceptors (Lipinski definition) is 5. The molecule has 19 heavy (non-hydrogen) atoms. The van der Waals surface area contributed by atoms with Gasteiger partial charge in [-0.05, 0) is 12.8 Å².